The fourth-order valence-electron chi connectivity index (χ4n) is 4.24. The molecule has 0 N–H and O–H groups in total. The molecule has 3 aliphatic heterocycles. The summed E-state index contributed by atoms with van der Waals surface area (Å²) in [5.41, 5.74) is 3.41. The van der Waals surface area contributed by atoms with E-state index in [1.165, 1.54) is 6.42 Å². The minimum absolute atomic E-state index is 0.430. The molecule has 2 unspecified atom stereocenters. The minimum atomic E-state index is -2.08. The van der Waals surface area contributed by atoms with E-state index < -0.39 is 10.3 Å². The molecule has 0 saturated heterocycles. The fourth-order valence-corrected chi connectivity index (χ4v) is 5.00. The van der Waals surface area contributed by atoms with Gasteiger partial charge in [0.1, 0.15) is 0 Å². The van der Waals surface area contributed by atoms with Crippen LogP contribution in [-0.2, 0) is 10.3 Å². The van der Waals surface area contributed by atoms with E-state index in [1.54, 1.807) is 0 Å². The summed E-state index contributed by atoms with van der Waals surface area (Å²) >= 11 is 0. The molecule has 0 bridgehead atoms. The van der Waals surface area contributed by atoms with E-state index in [-0.39, 0.29) is 0 Å². The molecule has 1 saturated carbocycles. The molecule has 112 valence electrons. The van der Waals surface area contributed by atoms with Gasteiger partial charge in [-0.2, -0.15) is 8.42 Å². The molecule has 3 heterocycles. The molecule has 5 heteroatoms. The molecule has 1 fully saturated rings. The Morgan fingerprint density at radius 3 is 2.95 bits per heavy atom. The molecule has 0 spiro atoms. The molecule has 0 aromatic heterocycles. The van der Waals surface area contributed by atoms with Gasteiger partial charge in [-0.05, 0) is 56.1 Å². The number of rotatable bonds is 0. The molecule has 4 rings (SSSR count). The first-order chi connectivity index (χ1) is 10.2. The summed E-state index contributed by atoms with van der Waals surface area (Å²) in [5.74, 6) is 0.958. The molecule has 21 heavy (non-hydrogen) atoms. The van der Waals surface area contributed by atoms with Crippen LogP contribution in [0.4, 0.5) is 0 Å². The van der Waals surface area contributed by atoms with Crippen LogP contribution in [0.1, 0.15) is 38.5 Å². The maximum Gasteiger partial charge on any atom is 0.217 e. The van der Waals surface area contributed by atoms with E-state index >= 15 is 0 Å². The van der Waals surface area contributed by atoms with Crippen molar-refractivity contribution in [3.63, 3.8) is 0 Å². The van der Waals surface area contributed by atoms with Gasteiger partial charge in [-0.3, -0.25) is 4.99 Å². The summed E-state index contributed by atoms with van der Waals surface area (Å²) in [5, 5.41) is 0. The Labute approximate surface area is 126 Å². The van der Waals surface area contributed by atoms with Crippen molar-refractivity contribution in [3.8, 4) is 0 Å². The molecule has 0 radical (unpaired) electrons. The number of hydrogen-bond donors (Lipinski definition) is 0. The highest BCUT2D eigenvalue weighted by Crippen LogP contribution is 2.41. The van der Waals surface area contributed by atoms with Crippen LogP contribution in [0.3, 0.4) is 0 Å². The molecular weight excluding hydrogens is 284 g/mol. The Kier molecular flexibility index (Phi) is 3.25. The maximum absolute atomic E-state index is 11.6. The Hall–Kier alpha value is -1.36. The van der Waals surface area contributed by atoms with Crippen LogP contribution in [0.5, 0.6) is 0 Å². The smallest absolute Gasteiger partial charge is 0.217 e. The SMILES string of the molecule is O=S(=O)=C1CCCC2CCN3CC4CCC=NC4=CC3=C12. The van der Waals surface area contributed by atoms with Gasteiger partial charge in [0.25, 0.3) is 0 Å². The van der Waals surface area contributed by atoms with E-state index in [2.05, 4.69) is 16.0 Å². The molecule has 4 nitrogen and oxygen atoms in total. The third-order valence-corrected chi connectivity index (χ3v) is 6.09. The van der Waals surface area contributed by atoms with Crippen molar-refractivity contribution in [1.82, 2.24) is 4.90 Å². The van der Waals surface area contributed by atoms with Gasteiger partial charge in [-0.1, -0.05) is 0 Å². The normalized spacial score (nSPS) is 31.3. The molecule has 0 aromatic carbocycles. The summed E-state index contributed by atoms with van der Waals surface area (Å²) in [6.07, 6.45) is 10.3. The zero-order chi connectivity index (χ0) is 14.4. The number of hydrogen-bond acceptors (Lipinski definition) is 4. The Balaban J connectivity index is 1.90. The number of allylic oxidation sites excluding steroid dienone is 2. The zero-order valence-electron chi connectivity index (χ0n) is 12.1. The van der Waals surface area contributed by atoms with Crippen molar-refractivity contribution in [3.05, 3.63) is 23.0 Å². The highest BCUT2D eigenvalue weighted by Gasteiger charge is 2.36. The van der Waals surface area contributed by atoms with Crippen molar-refractivity contribution in [1.29, 1.82) is 0 Å². The predicted octanol–water partition coefficient (Wildman–Crippen LogP) is 2.18. The molecule has 0 amide bonds. The van der Waals surface area contributed by atoms with Crippen LogP contribution in [0, 0.1) is 11.8 Å². The van der Waals surface area contributed by atoms with Gasteiger partial charge in [0, 0.05) is 36.6 Å². The van der Waals surface area contributed by atoms with Crippen LogP contribution in [0.15, 0.2) is 28.0 Å². The fraction of sp³-hybridized carbons (Fsp3) is 0.625. The van der Waals surface area contributed by atoms with Gasteiger partial charge in [0.15, 0.2) is 0 Å². The van der Waals surface area contributed by atoms with Crippen LogP contribution in [0.2, 0.25) is 0 Å². The first kappa shape index (κ1) is 13.3. The van der Waals surface area contributed by atoms with Gasteiger partial charge < -0.3 is 4.90 Å². The Morgan fingerprint density at radius 2 is 2.10 bits per heavy atom. The van der Waals surface area contributed by atoms with E-state index in [4.69, 9.17) is 0 Å². The highest BCUT2D eigenvalue weighted by molar-refractivity contribution is 7.73. The van der Waals surface area contributed by atoms with Crippen molar-refractivity contribution in [2.45, 2.75) is 38.5 Å². The van der Waals surface area contributed by atoms with Crippen molar-refractivity contribution >= 4 is 21.4 Å². The Bertz CT molecular complexity index is 692. The van der Waals surface area contributed by atoms with E-state index in [0.717, 1.165) is 55.7 Å². The lowest BCUT2D eigenvalue weighted by molar-refractivity contribution is 0.244. The topological polar surface area (TPSA) is 49.7 Å². The van der Waals surface area contributed by atoms with Crippen LogP contribution < -0.4 is 0 Å². The van der Waals surface area contributed by atoms with E-state index in [1.807, 2.05) is 6.21 Å². The second-order valence-corrected chi connectivity index (χ2v) is 7.40. The molecule has 2 atom stereocenters. The van der Waals surface area contributed by atoms with Crippen LogP contribution in [0.25, 0.3) is 0 Å². The van der Waals surface area contributed by atoms with Crippen molar-refractivity contribution in [2.24, 2.45) is 16.8 Å². The molecule has 1 aliphatic carbocycles. The minimum Gasteiger partial charge on any atom is -0.371 e. The first-order valence-corrected chi connectivity index (χ1v) is 9.00. The quantitative estimate of drug-likeness (QED) is 0.645. The standard InChI is InChI=1S/C16H20N2O2S/c19-21(20)15-5-1-3-11-6-8-18-10-12-4-2-7-17-13(12)9-14(18)16(11)15/h7,9,11-12H,1-6,8,10H2. The monoisotopic (exact) mass is 304 g/mol. The molecular formula is C16H20N2O2S. The third-order valence-electron chi connectivity index (χ3n) is 5.26. The molecule has 0 aromatic rings. The zero-order valence-corrected chi connectivity index (χ0v) is 12.9. The van der Waals surface area contributed by atoms with Gasteiger partial charge in [-0.15, -0.1) is 0 Å². The van der Waals surface area contributed by atoms with Gasteiger partial charge in [0.2, 0.25) is 10.3 Å². The number of fused-ring (bicyclic) bond motifs is 3. The lowest BCUT2D eigenvalue weighted by Gasteiger charge is -2.43. The van der Waals surface area contributed by atoms with Crippen molar-refractivity contribution < 1.29 is 8.42 Å². The Morgan fingerprint density at radius 1 is 1.19 bits per heavy atom. The number of nitrogens with zero attached hydrogens (tertiary/aromatic N) is 2. The van der Waals surface area contributed by atoms with E-state index in [0.29, 0.717) is 23.1 Å². The second-order valence-electron chi connectivity index (χ2n) is 6.44. The average molecular weight is 304 g/mol. The van der Waals surface area contributed by atoms with Crippen LogP contribution in [-0.4, -0.2) is 37.5 Å². The number of aliphatic imine (C=N–C) groups is 1. The van der Waals surface area contributed by atoms with E-state index in [9.17, 15) is 8.42 Å². The summed E-state index contributed by atoms with van der Waals surface area (Å²) in [6.45, 7) is 2.07. The average Bonchev–Trinajstić information content (AvgIpc) is 2.52. The lowest BCUT2D eigenvalue weighted by Crippen LogP contribution is -2.42. The predicted molar refractivity (Wildman–Crippen MR) is 83.8 cm³/mol. The van der Waals surface area contributed by atoms with Gasteiger partial charge >= 0.3 is 0 Å². The summed E-state index contributed by atoms with van der Waals surface area (Å²) in [6, 6.07) is 0. The summed E-state index contributed by atoms with van der Waals surface area (Å²) in [7, 11) is -2.08. The largest absolute Gasteiger partial charge is 0.371 e. The first-order valence-electron chi connectivity index (χ1n) is 7.92. The highest BCUT2D eigenvalue weighted by atomic mass is 32.2. The molecule has 4 aliphatic rings. The van der Waals surface area contributed by atoms with Gasteiger partial charge in [-0.25, -0.2) is 0 Å². The summed E-state index contributed by atoms with van der Waals surface area (Å²) < 4.78 is 23.3. The maximum atomic E-state index is 11.6. The third kappa shape index (κ3) is 2.18. The van der Waals surface area contributed by atoms with Gasteiger partial charge in [0.05, 0.1) is 4.86 Å². The second kappa shape index (κ2) is 5.13. The van der Waals surface area contributed by atoms with Crippen LogP contribution >= 0.6 is 0 Å². The lowest BCUT2D eigenvalue weighted by atomic mass is 9.77. The summed E-state index contributed by atoms with van der Waals surface area (Å²) in [4.78, 5) is 7.62. The van der Waals surface area contributed by atoms with Crippen molar-refractivity contribution in [2.75, 3.05) is 13.1 Å².